The minimum Gasteiger partial charge on any atom is -0.359 e. The second-order valence-electron chi connectivity index (χ2n) is 8.60. The summed E-state index contributed by atoms with van der Waals surface area (Å²) in [6.07, 6.45) is 8.83. The van der Waals surface area contributed by atoms with E-state index in [1.807, 2.05) is 11.1 Å². The molecule has 0 bridgehead atoms. The monoisotopic (exact) mass is 436 g/mol. The molecule has 3 aliphatic rings. The zero-order valence-corrected chi connectivity index (χ0v) is 18.5. The van der Waals surface area contributed by atoms with Crippen LogP contribution in [0.5, 0.6) is 0 Å². The molecule has 3 saturated heterocycles. The van der Waals surface area contributed by atoms with Crippen molar-refractivity contribution in [3.05, 3.63) is 42.1 Å². The summed E-state index contributed by atoms with van der Waals surface area (Å²) in [5.41, 5.74) is 1.37. The molecule has 2 atom stereocenters. The molecule has 4 heterocycles. The Hall–Kier alpha value is -2.63. The highest BCUT2D eigenvalue weighted by atomic mass is 32.1. The van der Waals surface area contributed by atoms with Gasteiger partial charge < -0.3 is 9.80 Å². The number of carbonyl (C=O) groups is 1. The minimum absolute atomic E-state index is 0.0755. The number of thiazole rings is 1. The number of hydrogen-bond donors (Lipinski definition) is 0. The van der Waals surface area contributed by atoms with Crippen LogP contribution in [0, 0.1) is 11.5 Å². The molecule has 31 heavy (non-hydrogen) atoms. The Labute approximate surface area is 187 Å². The van der Waals surface area contributed by atoms with E-state index in [1.54, 1.807) is 16.2 Å². The fourth-order valence-corrected chi connectivity index (χ4v) is 6.07. The summed E-state index contributed by atoms with van der Waals surface area (Å²) < 4.78 is 0. The molecule has 0 spiro atoms. The van der Waals surface area contributed by atoms with Gasteiger partial charge in [-0.3, -0.25) is 14.6 Å². The number of hydrogen-bond acceptors (Lipinski definition) is 7. The lowest BCUT2D eigenvalue weighted by molar-refractivity contribution is -0.127. The molecule has 0 N–H and O–H groups in total. The summed E-state index contributed by atoms with van der Waals surface area (Å²) in [7, 11) is 0. The van der Waals surface area contributed by atoms with E-state index < -0.39 is 0 Å². The van der Waals surface area contributed by atoms with Gasteiger partial charge in [-0.25, -0.2) is 4.98 Å². The first-order chi connectivity index (χ1) is 15.2. The molecule has 0 radical (unpaired) electrons. The smallest absolute Gasteiger partial charge is 0.248 e. The zero-order chi connectivity index (χ0) is 21.2. The highest BCUT2D eigenvalue weighted by Crippen LogP contribution is 2.36. The third-order valence-corrected chi connectivity index (χ3v) is 7.79. The number of rotatable bonds is 4. The predicted molar refractivity (Wildman–Crippen MR) is 122 cm³/mol. The Morgan fingerprint density at radius 2 is 1.94 bits per heavy atom. The van der Waals surface area contributed by atoms with Gasteiger partial charge in [-0.2, -0.15) is 5.26 Å². The Kier molecular flexibility index (Phi) is 5.79. The van der Waals surface area contributed by atoms with Crippen molar-refractivity contribution in [3.8, 4) is 6.19 Å². The van der Waals surface area contributed by atoms with Crippen LogP contribution in [0.2, 0.25) is 0 Å². The van der Waals surface area contributed by atoms with Gasteiger partial charge in [-0.05, 0) is 31.2 Å². The van der Waals surface area contributed by atoms with Crippen LogP contribution in [0.1, 0.15) is 24.8 Å². The van der Waals surface area contributed by atoms with Crippen LogP contribution in [0.3, 0.4) is 0 Å². The van der Waals surface area contributed by atoms with Crippen LogP contribution in [-0.4, -0.2) is 72.0 Å². The van der Waals surface area contributed by atoms with E-state index in [1.165, 1.54) is 24.8 Å². The number of carbonyl (C=O) groups excluding carboxylic acids is 1. The quantitative estimate of drug-likeness (QED) is 0.687. The fourth-order valence-electron chi connectivity index (χ4n) is 5.03. The highest BCUT2D eigenvalue weighted by molar-refractivity contribution is 7.19. The van der Waals surface area contributed by atoms with Gasteiger partial charge in [-0.1, -0.05) is 41.7 Å². The summed E-state index contributed by atoms with van der Waals surface area (Å²) in [6.45, 7) is 4.51. The van der Waals surface area contributed by atoms with E-state index in [2.05, 4.69) is 51.3 Å². The molecule has 0 aliphatic carbocycles. The number of aromatic nitrogens is 1. The lowest BCUT2D eigenvalue weighted by atomic mass is 9.96. The first-order valence-electron chi connectivity index (χ1n) is 11.2. The van der Waals surface area contributed by atoms with Crippen molar-refractivity contribution in [1.82, 2.24) is 14.8 Å². The van der Waals surface area contributed by atoms with Crippen molar-refractivity contribution < 1.29 is 4.79 Å². The lowest BCUT2D eigenvalue weighted by Gasteiger charge is -2.44. The molecule has 162 valence electrons. The molecule has 3 fully saturated rings. The van der Waals surface area contributed by atoms with Crippen LogP contribution < -0.4 is 9.80 Å². The molecule has 2 aromatic rings. The van der Waals surface area contributed by atoms with Crippen LogP contribution >= 0.6 is 11.3 Å². The molecule has 5 rings (SSSR count). The average molecular weight is 437 g/mol. The van der Waals surface area contributed by atoms with Crippen molar-refractivity contribution in [2.24, 2.45) is 0 Å². The SMILES string of the molecule is N#CN1CCN2CCN(c3ncc(N4CCCC[C@H]4Cc4ccccc4)s3)C(=O)[C@H]2C1. The van der Waals surface area contributed by atoms with E-state index in [0.717, 1.165) is 36.2 Å². The predicted octanol–water partition coefficient (Wildman–Crippen LogP) is 2.56. The number of nitrogens with zero attached hydrogens (tertiary/aromatic N) is 6. The van der Waals surface area contributed by atoms with Gasteiger partial charge in [0.15, 0.2) is 11.3 Å². The summed E-state index contributed by atoms with van der Waals surface area (Å²) in [6, 6.07) is 10.9. The number of piperazine rings is 2. The van der Waals surface area contributed by atoms with Gasteiger partial charge in [0.1, 0.15) is 11.0 Å². The Morgan fingerprint density at radius 3 is 2.77 bits per heavy atom. The second-order valence-corrected chi connectivity index (χ2v) is 9.59. The summed E-state index contributed by atoms with van der Waals surface area (Å²) in [5, 5.41) is 11.2. The first-order valence-corrected chi connectivity index (χ1v) is 12.0. The molecule has 1 aromatic carbocycles. The number of benzene rings is 1. The molecule has 1 aromatic heterocycles. The lowest BCUT2D eigenvalue weighted by Crippen LogP contribution is -2.64. The van der Waals surface area contributed by atoms with Crippen LogP contribution in [0.15, 0.2) is 36.5 Å². The van der Waals surface area contributed by atoms with E-state index in [-0.39, 0.29) is 11.9 Å². The van der Waals surface area contributed by atoms with Crippen LogP contribution in [0.4, 0.5) is 10.1 Å². The largest absolute Gasteiger partial charge is 0.359 e. The normalized spacial score (nSPS) is 24.7. The van der Waals surface area contributed by atoms with Gasteiger partial charge in [-0.15, -0.1) is 0 Å². The second kappa shape index (κ2) is 8.85. The summed E-state index contributed by atoms with van der Waals surface area (Å²) in [5.74, 6) is 0.0755. The maximum Gasteiger partial charge on any atom is 0.248 e. The first kappa shape index (κ1) is 20.3. The Bertz CT molecular complexity index is 956. The van der Waals surface area contributed by atoms with E-state index in [9.17, 15) is 10.1 Å². The van der Waals surface area contributed by atoms with Gasteiger partial charge in [0.05, 0.1) is 12.7 Å². The standard InChI is InChI=1S/C23H28N6OS/c24-17-26-10-11-27-12-13-29(22(30)20(27)16-26)23-25-15-21(31-23)28-9-5-4-8-19(28)14-18-6-2-1-3-7-18/h1-3,6-7,15,19-20H,4-5,8-14,16H2/t19-,20+/m0/s1. The third-order valence-electron chi connectivity index (χ3n) is 6.73. The topological polar surface area (TPSA) is 66.7 Å². The minimum atomic E-state index is -0.240. The van der Waals surface area contributed by atoms with E-state index in [0.29, 0.717) is 25.7 Å². The van der Waals surface area contributed by atoms with Crippen molar-refractivity contribution in [2.75, 3.05) is 49.1 Å². The Balaban J connectivity index is 1.32. The van der Waals surface area contributed by atoms with Gasteiger partial charge in [0.25, 0.3) is 0 Å². The fraction of sp³-hybridized carbons (Fsp3) is 0.522. The molecule has 0 unspecified atom stereocenters. The highest BCUT2D eigenvalue weighted by Gasteiger charge is 2.40. The third kappa shape index (κ3) is 4.12. The van der Waals surface area contributed by atoms with Gasteiger partial charge in [0.2, 0.25) is 5.91 Å². The molecule has 7 nitrogen and oxygen atoms in total. The summed E-state index contributed by atoms with van der Waals surface area (Å²) in [4.78, 5) is 26.1. The molecule has 3 aliphatic heterocycles. The van der Waals surface area contributed by atoms with Crippen molar-refractivity contribution in [2.45, 2.75) is 37.8 Å². The Morgan fingerprint density at radius 1 is 1.10 bits per heavy atom. The van der Waals surface area contributed by atoms with E-state index >= 15 is 0 Å². The molecular weight excluding hydrogens is 408 g/mol. The number of amides is 1. The van der Waals surface area contributed by atoms with Crippen molar-refractivity contribution in [1.29, 1.82) is 5.26 Å². The summed E-state index contributed by atoms with van der Waals surface area (Å²) >= 11 is 1.63. The van der Waals surface area contributed by atoms with Gasteiger partial charge >= 0.3 is 0 Å². The number of anilines is 2. The van der Waals surface area contributed by atoms with Gasteiger partial charge in [0, 0.05) is 38.8 Å². The molecule has 0 saturated carbocycles. The van der Waals surface area contributed by atoms with Crippen LogP contribution in [-0.2, 0) is 11.2 Å². The maximum atomic E-state index is 13.2. The average Bonchev–Trinajstić information content (AvgIpc) is 3.30. The number of piperidine rings is 1. The number of nitriles is 1. The number of fused-ring (bicyclic) bond motifs is 1. The molecule has 1 amide bonds. The zero-order valence-electron chi connectivity index (χ0n) is 17.7. The van der Waals surface area contributed by atoms with Crippen LogP contribution in [0.25, 0.3) is 0 Å². The van der Waals surface area contributed by atoms with Crippen molar-refractivity contribution >= 4 is 27.4 Å². The molecular formula is C23H28N6OS. The molecule has 8 heteroatoms. The van der Waals surface area contributed by atoms with E-state index in [4.69, 9.17) is 0 Å². The van der Waals surface area contributed by atoms with Crippen molar-refractivity contribution in [3.63, 3.8) is 0 Å². The maximum absolute atomic E-state index is 13.2.